The van der Waals surface area contributed by atoms with Crippen molar-refractivity contribution in [2.75, 3.05) is 7.11 Å². The summed E-state index contributed by atoms with van der Waals surface area (Å²) in [5.41, 5.74) is 0.507. The van der Waals surface area contributed by atoms with E-state index < -0.39 is 29.6 Å². The fourth-order valence-corrected chi connectivity index (χ4v) is 2.48. The van der Waals surface area contributed by atoms with Gasteiger partial charge in [0.1, 0.15) is 11.6 Å². The van der Waals surface area contributed by atoms with Gasteiger partial charge in [-0.05, 0) is 12.1 Å². The third-order valence-corrected chi connectivity index (χ3v) is 3.71. The van der Waals surface area contributed by atoms with Crippen LogP contribution in [-0.2, 0) is 9.53 Å². The van der Waals surface area contributed by atoms with Crippen molar-refractivity contribution in [3.63, 3.8) is 0 Å². The van der Waals surface area contributed by atoms with Crippen LogP contribution in [0.5, 0.6) is 0 Å². The van der Waals surface area contributed by atoms with Crippen LogP contribution >= 0.6 is 0 Å². The first-order valence-corrected chi connectivity index (χ1v) is 7.27. The number of H-pyrrole nitrogens is 1. The average molecular weight is 345 g/mol. The molecular weight excluding hydrogens is 332 g/mol. The van der Waals surface area contributed by atoms with E-state index in [9.17, 15) is 18.4 Å². The predicted molar refractivity (Wildman–Crippen MR) is 84.7 cm³/mol. The van der Waals surface area contributed by atoms with Gasteiger partial charge in [0.05, 0.1) is 24.4 Å². The summed E-state index contributed by atoms with van der Waals surface area (Å²) in [6.45, 7) is 0. The van der Waals surface area contributed by atoms with Crippen LogP contribution in [0.25, 0.3) is 10.9 Å². The van der Waals surface area contributed by atoms with E-state index in [-0.39, 0.29) is 11.1 Å². The maximum absolute atomic E-state index is 14.0. The van der Waals surface area contributed by atoms with Gasteiger partial charge < -0.3 is 10.1 Å². The summed E-state index contributed by atoms with van der Waals surface area (Å²) in [6, 6.07) is 6.24. The lowest BCUT2D eigenvalue weighted by molar-refractivity contribution is -0.143. The number of aromatic amines is 1. The van der Waals surface area contributed by atoms with Gasteiger partial charge in [-0.3, -0.25) is 9.89 Å². The number of rotatable bonds is 4. The molecule has 0 bridgehead atoms. The number of fused-ring (bicyclic) bond motifs is 1. The van der Waals surface area contributed by atoms with E-state index in [1.54, 1.807) is 18.3 Å². The second kappa shape index (κ2) is 6.68. The lowest BCUT2D eigenvalue weighted by Gasteiger charge is -2.17. The number of nitrogens with one attached hydrogen (secondary N) is 2. The van der Waals surface area contributed by atoms with Gasteiger partial charge in [-0.2, -0.15) is 5.10 Å². The molecule has 0 saturated heterocycles. The zero-order valence-electron chi connectivity index (χ0n) is 13.0. The Balaban J connectivity index is 1.97. The van der Waals surface area contributed by atoms with Crippen molar-refractivity contribution in [3.8, 4) is 0 Å². The first kappa shape index (κ1) is 16.6. The fraction of sp³-hybridized carbons (Fsp3) is 0.118. The van der Waals surface area contributed by atoms with Crippen molar-refractivity contribution < 1.29 is 23.1 Å². The standard InChI is InChI=1S/C17H13F2N3O3/c1-25-17(24)15(11-6-5-10(18)7-13(11)19)21-16(23)12-4-2-3-9-8-20-22-14(9)12/h2-8,15H,1H3,(H,20,22)(H,21,23)/t15-/m1/s1. The molecule has 0 radical (unpaired) electrons. The molecule has 1 heterocycles. The molecule has 0 aliphatic carbocycles. The number of aromatic nitrogens is 2. The van der Waals surface area contributed by atoms with E-state index >= 15 is 0 Å². The topological polar surface area (TPSA) is 84.1 Å². The normalized spacial score (nSPS) is 12.0. The highest BCUT2D eigenvalue weighted by molar-refractivity contribution is 6.06. The Bertz CT molecular complexity index is 955. The molecule has 6 nitrogen and oxygen atoms in total. The van der Waals surface area contributed by atoms with Gasteiger partial charge in [0.15, 0.2) is 6.04 Å². The van der Waals surface area contributed by atoms with Crippen LogP contribution in [0.15, 0.2) is 42.6 Å². The number of benzene rings is 2. The fourth-order valence-electron chi connectivity index (χ4n) is 2.48. The zero-order valence-corrected chi connectivity index (χ0v) is 13.0. The van der Waals surface area contributed by atoms with Crippen LogP contribution in [-0.4, -0.2) is 29.2 Å². The minimum Gasteiger partial charge on any atom is -0.467 e. The van der Waals surface area contributed by atoms with Gasteiger partial charge in [0, 0.05) is 17.0 Å². The van der Waals surface area contributed by atoms with Crippen molar-refractivity contribution in [2.45, 2.75) is 6.04 Å². The van der Waals surface area contributed by atoms with Crippen LogP contribution in [0.4, 0.5) is 8.78 Å². The number of methoxy groups -OCH3 is 1. The van der Waals surface area contributed by atoms with E-state index in [0.717, 1.165) is 19.2 Å². The average Bonchev–Trinajstić information content (AvgIpc) is 3.08. The molecule has 0 fully saturated rings. The molecule has 0 spiro atoms. The Kier molecular flexibility index (Phi) is 4.42. The molecule has 1 atom stereocenters. The Morgan fingerprint density at radius 2 is 2.04 bits per heavy atom. The van der Waals surface area contributed by atoms with Gasteiger partial charge in [0.2, 0.25) is 0 Å². The summed E-state index contributed by atoms with van der Waals surface area (Å²) in [6.07, 6.45) is 1.55. The monoisotopic (exact) mass is 345 g/mol. The third-order valence-electron chi connectivity index (χ3n) is 3.71. The Morgan fingerprint density at radius 3 is 2.76 bits per heavy atom. The van der Waals surface area contributed by atoms with Gasteiger partial charge in [0.25, 0.3) is 5.91 Å². The van der Waals surface area contributed by atoms with Crippen molar-refractivity contribution in [1.29, 1.82) is 0 Å². The van der Waals surface area contributed by atoms with Gasteiger partial charge >= 0.3 is 5.97 Å². The summed E-state index contributed by atoms with van der Waals surface area (Å²) < 4.78 is 31.8. The molecule has 2 N–H and O–H groups in total. The molecule has 1 aromatic heterocycles. The predicted octanol–water partition coefficient (Wildman–Crippen LogP) is 2.49. The number of hydrogen-bond donors (Lipinski definition) is 2. The summed E-state index contributed by atoms with van der Waals surface area (Å²) in [5.74, 6) is -3.27. The Hall–Kier alpha value is -3.29. The Morgan fingerprint density at radius 1 is 1.24 bits per heavy atom. The molecule has 8 heteroatoms. The molecule has 3 rings (SSSR count). The molecule has 0 saturated carbocycles. The highest BCUT2D eigenvalue weighted by atomic mass is 19.1. The van der Waals surface area contributed by atoms with E-state index in [1.807, 2.05) is 0 Å². The number of para-hydroxylation sites is 1. The molecule has 3 aromatic rings. The maximum atomic E-state index is 14.0. The Labute approximate surface area is 140 Å². The van der Waals surface area contributed by atoms with E-state index in [1.165, 1.54) is 6.07 Å². The number of hydrogen-bond acceptors (Lipinski definition) is 4. The van der Waals surface area contributed by atoms with Crippen LogP contribution in [0, 0.1) is 11.6 Å². The molecule has 1 amide bonds. The maximum Gasteiger partial charge on any atom is 0.333 e. The molecular formula is C17H13F2N3O3. The number of halogens is 2. The second-order valence-corrected chi connectivity index (χ2v) is 5.24. The number of ether oxygens (including phenoxy) is 1. The SMILES string of the molecule is COC(=O)[C@H](NC(=O)c1cccc2cn[nH]c12)c1ccc(F)cc1F. The van der Waals surface area contributed by atoms with Crippen LogP contribution in [0.1, 0.15) is 22.0 Å². The minimum atomic E-state index is -1.42. The lowest BCUT2D eigenvalue weighted by atomic mass is 10.0. The van der Waals surface area contributed by atoms with Crippen molar-refractivity contribution in [1.82, 2.24) is 15.5 Å². The smallest absolute Gasteiger partial charge is 0.333 e. The zero-order chi connectivity index (χ0) is 18.0. The number of esters is 1. The van der Waals surface area contributed by atoms with E-state index in [0.29, 0.717) is 17.0 Å². The molecule has 0 unspecified atom stereocenters. The van der Waals surface area contributed by atoms with Gasteiger partial charge in [-0.1, -0.05) is 18.2 Å². The highest BCUT2D eigenvalue weighted by Gasteiger charge is 2.27. The summed E-state index contributed by atoms with van der Waals surface area (Å²) >= 11 is 0. The number of carbonyl (C=O) groups is 2. The van der Waals surface area contributed by atoms with E-state index in [4.69, 9.17) is 0 Å². The first-order chi connectivity index (χ1) is 12.0. The van der Waals surface area contributed by atoms with Crippen LogP contribution in [0.2, 0.25) is 0 Å². The number of nitrogens with zero attached hydrogens (tertiary/aromatic N) is 1. The molecule has 25 heavy (non-hydrogen) atoms. The molecule has 0 aliphatic heterocycles. The van der Waals surface area contributed by atoms with Crippen molar-refractivity contribution in [3.05, 3.63) is 65.4 Å². The molecule has 2 aromatic carbocycles. The quantitative estimate of drug-likeness (QED) is 0.712. The molecule has 128 valence electrons. The number of carbonyl (C=O) groups excluding carboxylic acids is 2. The van der Waals surface area contributed by atoms with Crippen molar-refractivity contribution >= 4 is 22.8 Å². The summed E-state index contributed by atoms with van der Waals surface area (Å²) in [7, 11) is 1.11. The summed E-state index contributed by atoms with van der Waals surface area (Å²) in [5, 5.41) is 9.67. The third kappa shape index (κ3) is 3.18. The van der Waals surface area contributed by atoms with Crippen LogP contribution in [0.3, 0.4) is 0 Å². The highest BCUT2D eigenvalue weighted by Crippen LogP contribution is 2.22. The largest absolute Gasteiger partial charge is 0.467 e. The second-order valence-electron chi connectivity index (χ2n) is 5.24. The lowest BCUT2D eigenvalue weighted by Crippen LogP contribution is -2.35. The first-order valence-electron chi connectivity index (χ1n) is 7.27. The molecule has 0 aliphatic rings. The van der Waals surface area contributed by atoms with E-state index in [2.05, 4.69) is 20.3 Å². The van der Waals surface area contributed by atoms with Gasteiger partial charge in [-0.15, -0.1) is 0 Å². The summed E-state index contributed by atoms with van der Waals surface area (Å²) in [4.78, 5) is 24.6. The van der Waals surface area contributed by atoms with Gasteiger partial charge in [-0.25, -0.2) is 13.6 Å². The van der Waals surface area contributed by atoms with Crippen LogP contribution < -0.4 is 5.32 Å². The van der Waals surface area contributed by atoms with Crippen molar-refractivity contribution in [2.24, 2.45) is 0 Å². The minimum absolute atomic E-state index is 0.196. The number of amides is 1.